The summed E-state index contributed by atoms with van der Waals surface area (Å²) in [6.45, 7) is -0.473. The van der Waals surface area contributed by atoms with Crippen LogP contribution in [0.15, 0.2) is 23.2 Å². The van der Waals surface area contributed by atoms with Crippen LogP contribution in [-0.2, 0) is 33.4 Å². The maximum absolute atomic E-state index is 11.3. The van der Waals surface area contributed by atoms with E-state index in [4.69, 9.17) is 30.5 Å². The first-order valence-electron chi connectivity index (χ1n) is 13.3. The minimum Gasteiger partial charge on any atom is -0.508 e. The van der Waals surface area contributed by atoms with E-state index in [0.29, 0.717) is 33.1 Å². The van der Waals surface area contributed by atoms with Gasteiger partial charge < -0.3 is 51.8 Å². The molecule has 1 aliphatic rings. The summed E-state index contributed by atoms with van der Waals surface area (Å²) in [5.41, 5.74) is 13.3. The molecule has 3 rings (SSSR count). The lowest BCUT2D eigenvalue weighted by molar-refractivity contribution is -0.401. The largest absolute Gasteiger partial charge is 0.508 e. The maximum Gasteiger partial charge on any atom is 0.365 e. The number of aliphatic carboxylic acids is 1. The molecule has 21 heteroatoms. The number of aliphatic hydroxyl groups is 2. The Bertz CT molecular complexity index is 1270. The number of phenolic OH excluding ortho intramolecular Hbond substituents is 1. The highest BCUT2D eigenvalue weighted by molar-refractivity contribution is 8.76. The summed E-state index contributed by atoms with van der Waals surface area (Å²) in [7, 11) is 4.07. The van der Waals surface area contributed by atoms with Crippen molar-refractivity contribution >= 4 is 96.5 Å². The first-order chi connectivity index (χ1) is 21.9. The number of thioether (sulfide) groups is 1. The van der Waals surface area contributed by atoms with Crippen LogP contribution in [0.3, 0.4) is 0 Å². The molecular weight excluding hydrogens is 707 g/mol. The Hall–Kier alpha value is -2.34. The number of nitrogens with zero attached hydrogens (tertiary/aromatic N) is 2. The number of carboxylic acids is 1. The lowest BCUT2D eigenvalue weighted by Gasteiger charge is -2.09. The summed E-state index contributed by atoms with van der Waals surface area (Å²) >= 11 is 6.60. The van der Waals surface area contributed by atoms with E-state index < -0.39 is 48.0 Å². The fourth-order valence-corrected chi connectivity index (χ4v) is 7.37. The number of ether oxygens (including phenoxy) is 3. The Morgan fingerprint density at radius 2 is 1.63 bits per heavy atom. The molecular formula is C25H39N5O11S5+2. The molecule has 0 saturated heterocycles. The zero-order valence-electron chi connectivity index (χ0n) is 24.8. The molecule has 0 saturated carbocycles. The molecule has 258 valence electrons. The van der Waals surface area contributed by atoms with Crippen molar-refractivity contribution in [2.75, 3.05) is 56.5 Å². The molecule has 1 aromatic heterocycles. The maximum atomic E-state index is 11.3. The van der Waals surface area contributed by atoms with Gasteiger partial charge in [-0.1, -0.05) is 21.6 Å². The number of rotatable bonds is 15. The van der Waals surface area contributed by atoms with Gasteiger partial charge in [0.15, 0.2) is 18.1 Å². The topological polar surface area (TPSA) is 283 Å². The number of fused-ring (bicyclic) bond motifs is 1. The number of benzene rings is 1. The number of thiol groups is 1. The molecule has 0 amide bonds. The number of methoxy groups -OCH3 is 1. The molecule has 46 heavy (non-hydrogen) atoms. The summed E-state index contributed by atoms with van der Waals surface area (Å²) in [4.78, 5) is 52.4. The van der Waals surface area contributed by atoms with Crippen LogP contribution < -0.4 is 17.2 Å². The van der Waals surface area contributed by atoms with Gasteiger partial charge >= 0.3 is 23.9 Å². The molecule has 2 heterocycles. The zero-order chi connectivity index (χ0) is 34.6. The SMILES string of the molecule is COC(=O)[C@H](N)CS.O=C(O)C1CSC(c2nc3ccc(O)cc3s2)=N1.[NH3+]C(CSSCC([NH3+])C(=O)OCCO)C(=O)OCCO. The summed E-state index contributed by atoms with van der Waals surface area (Å²) in [5, 5.41) is 36.7. The van der Waals surface area contributed by atoms with Crippen LogP contribution in [0, 0.1) is 0 Å². The molecule has 2 aromatic rings. The quantitative estimate of drug-likeness (QED) is 0.0322. The molecule has 16 nitrogen and oxygen atoms in total. The number of thiazole rings is 1. The summed E-state index contributed by atoms with van der Waals surface area (Å²) < 4.78 is 14.6. The number of carboxylic acid groups (broad SMARTS) is 1. The van der Waals surface area contributed by atoms with E-state index in [2.05, 4.69) is 38.8 Å². The van der Waals surface area contributed by atoms with Crippen molar-refractivity contribution in [1.29, 1.82) is 0 Å². The Morgan fingerprint density at radius 3 is 2.07 bits per heavy atom. The Morgan fingerprint density at radius 1 is 1.07 bits per heavy atom. The van der Waals surface area contributed by atoms with Gasteiger partial charge in [-0.05, 0) is 18.2 Å². The van der Waals surface area contributed by atoms with Gasteiger partial charge in [-0.2, -0.15) is 12.6 Å². The van der Waals surface area contributed by atoms with Crippen molar-refractivity contribution in [3.05, 3.63) is 23.2 Å². The van der Waals surface area contributed by atoms with Crippen molar-refractivity contribution in [1.82, 2.24) is 4.98 Å². The summed E-state index contributed by atoms with van der Waals surface area (Å²) in [6, 6.07) is 2.65. The average molecular weight is 746 g/mol. The fourth-order valence-electron chi connectivity index (χ4n) is 2.77. The molecule has 0 radical (unpaired) electrons. The minimum atomic E-state index is -0.906. The van der Waals surface area contributed by atoms with Crippen LogP contribution in [0.5, 0.6) is 5.75 Å². The van der Waals surface area contributed by atoms with Crippen molar-refractivity contribution in [3.8, 4) is 5.75 Å². The third-order valence-electron chi connectivity index (χ3n) is 5.15. The highest BCUT2D eigenvalue weighted by atomic mass is 33.1. The molecule has 0 aliphatic carbocycles. The lowest BCUT2D eigenvalue weighted by Crippen LogP contribution is -2.67. The first kappa shape index (κ1) is 41.7. The van der Waals surface area contributed by atoms with Crippen LogP contribution in [0.25, 0.3) is 10.2 Å². The highest BCUT2D eigenvalue weighted by Gasteiger charge is 2.27. The van der Waals surface area contributed by atoms with E-state index in [1.807, 2.05) is 0 Å². The molecule has 4 atom stereocenters. The van der Waals surface area contributed by atoms with E-state index in [1.54, 1.807) is 18.2 Å². The van der Waals surface area contributed by atoms with E-state index in [1.165, 1.54) is 51.8 Å². The predicted octanol–water partition coefficient (Wildman–Crippen LogP) is -1.98. The van der Waals surface area contributed by atoms with Crippen LogP contribution in [-0.4, -0.2) is 135 Å². The van der Waals surface area contributed by atoms with Gasteiger partial charge in [0, 0.05) is 11.5 Å². The molecule has 1 aromatic carbocycles. The number of nitrogens with two attached hydrogens (primary N) is 1. The average Bonchev–Trinajstić information content (AvgIpc) is 3.71. The monoisotopic (exact) mass is 745 g/mol. The molecule has 1 aliphatic heterocycles. The van der Waals surface area contributed by atoms with Gasteiger partial charge in [0.1, 0.15) is 35.1 Å². The molecule has 0 spiro atoms. The number of esters is 3. The van der Waals surface area contributed by atoms with Gasteiger partial charge in [-0.3, -0.25) is 9.79 Å². The number of hydrogen-bond acceptors (Lipinski definition) is 18. The lowest BCUT2D eigenvalue weighted by atomic mass is 10.3. The second kappa shape index (κ2) is 23.1. The number of hydrogen-bond donors (Lipinski definition) is 8. The van der Waals surface area contributed by atoms with Crippen molar-refractivity contribution in [2.24, 2.45) is 10.7 Å². The number of carbonyl (C=O) groups excluding carboxylic acids is 3. The van der Waals surface area contributed by atoms with Gasteiger partial charge in [0.25, 0.3) is 0 Å². The molecule has 3 unspecified atom stereocenters. The minimum absolute atomic E-state index is 0.0275. The molecule has 12 N–H and O–H groups in total. The summed E-state index contributed by atoms with van der Waals surface area (Å²) in [6.07, 6.45) is 0. The van der Waals surface area contributed by atoms with E-state index >= 15 is 0 Å². The summed E-state index contributed by atoms with van der Waals surface area (Å²) in [5.74, 6) is -0.390. The Labute approximate surface area is 286 Å². The molecule has 0 bridgehead atoms. The van der Waals surface area contributed by atoms with Gasteiger partial charge in [0.2, 0.25) is 0 Å². The number of quaternary nitrogens is 2. The van der Waals surface area contributed by atoms with Crippen LogP contribution in [0.4, 0.5) is 0 Å². The first-order valence-corrected chi connectivity index (χ1v) is 18.2. The Kier molecular flexibility index (Phi) is 20.9. The highest BCUT2D eigenvalue weighted by Crippen LogP contribution is 2.31. The van der Waals surface area contributed by atoms with Gasteiger partial charge in [0.05, 0.1) is 42.0 Å². The third-order valence-corrected chi connectivity index (χ3v) is 10.3. The smallest absolute Gasteiger partial charge is 0.365 e. The van der Waals surface area contributed by atoms with E-state index in [-0.39, 0.29) is 32.2 Å². The number of aromatic hydroxyl groups is 1. The van der Waals surface area contributed by atoms with Crippen LogP contribution >= 0.6 is 57.3 Å². The fraction of sp³-hybridized carbons (Fsp3) is 0.520. The Balaban J connectivity index is 0.000000375. The van der Waals surface area contributed by atoms with Crippen LogP contribution in [0.2, 0.25) is 0 Å². The predicted molar refractivity (Wildman–Crippen MR) is 180 cm³/mol. The van der Waals surface area contributed by atoms with Crippen molar-refractivity contribution < 1.29 is 65.3 Å². The normalized spacial score (nSPS) is 15.6. The standard InChI is InChI=1S/C11H8N2O3S2.C10H20N2O6S2.C4H9NO2S/c14-5-1-2-6-8(3-5)18-10(12-6)9-13-7(4-17-9)11(15)16;11-7(9(15)17-3-1-13)5-19-20-6-8(12)10(16)18-4-2-14;1-7-4(6)3(5)2-8/h1-3,7,14H,4H2,(H,15,16);7-8,13-14H,1-6,11-12H2;3,8H,2,5H2,1H3/p+2/t;;3-/m..1/s1. The number of aromatic nitrogens is 1. The van der Waals surface area contributed by atoms with E-state index in [9.17, 15) is 24.3 Å². The second-order valence-corrected chi connectivity index (χ2v) is 13.8. The van der Waals surface area contributed by atoms with Crippen LogP contribution in [0.1, 0.15) is 5.01 Å². The van der Waals surface area contributed by atoms with E-state index in [0.717, 1.165) is 10.2 Å². The number of phenols is 1. The van der Waals surface area contributed by atoms with Crippen molar-refractivity contribution in [3.63, 3.8) is 0 Å². The second-order valence-electron chi connectivity index (χ2n) is 8.83. The number of carbonyl (C=O) groups is 4. The number of aliphatic hydroxyl groups excluding tert-OH is 2. The van der Waals surface area contributed by atoms with Gasteiger partial charge in [-0.15, -0.1) is 23.1 Å². The number of aliphatic imine (C=N–C) groups is 1. The molecule has 0 fully saturated rings. The third kappa shape index (κ3) is 15.5. The van der Waals surface area contributed by atoms with Crippen molar-refractivity contribution in [2.45, 2.75) is 24.2 Å². The zero-order valence-corrected chi connectivity index (χ0v) is 29.0. The van der Waals surface area contributed by atoms with Gasteiger partial charge in [-0.25, -0.2) is 19.4 Å².